The Hall–Kier alpha value is -1.84. The van der Waals surface area contributed by atoms with Gasteiger partial charge in [-0.2, -0.15) is 0 Å². The molecule has 1 aromatic rings. The van der Waals surface area contributed by atoms with Gasteiger partial charge >= 0.3 is 0 Å². The maximum Gasteiger partial charge on any atom is 0.222 e. The van der Waals surface area contributed by atoms with E-state index in [4.69, 9.17) is 0 Å². The lowest BCUT2D eigenvalue weighted by atomic mass is 10.1. The lowest BCUT2D eigenvalue weighted by molar-refractivity contribution is -0.124. The fraction of sp³-hybridized carbons (Fsp3) is 0.467. The Labute approximate surface area is 114 Å². The second kappa shape index (κ2) is 8.29. The third-order valence-corrected chi connectivity index (χ3v) is 2.75. The van der Waals surface area contributed by atoms with Gasteiger partial charge in [0.25, 0.3) is 0 Å². The quantitative estimate of drug-likeness (QED) is 0.732. The molecule has 0 aliphatic heterocycles. The number of hydrogen-bond donors (Lipinski definition) is 2. The predicted octanol–water partition coefficient (Wildman–Crippen LogP) is 1.51. The van der Waals surface area contributed by atoms with Crippen LogP contribution in [-0.2, 0) is 16.0 Å². The number of rotatable bonds is 7. The molecule has 0 atom stereocenters. The van der Waals surface area contributed by atoms with Crippen LogP contribution in [0, 0.1) is 5.92 Å². The van der Waals surface area contributed by atoms with Gasteiger partial charge in [0, 0.05) is 25.4 Å². The Kier molecular flexibility index (Phi) is 6.64. The first-order chi connectivity index (χ1) is 9.09. The summed E-state index contributed by atoms with van der Waals surface area (Å²) >= 11 is 0. The summed E-state index contributed by atoms with van der Waals surface area (Å²) in [6.07, 6.45) is 1.22. The molecule has 0 spiro atoms. The summed E-state index contributed by atoms with van der Waals surface area (Å²) in [6, 6.07) is 9.91. The zero-order valence-electron chi connectivity index (χ0n) is 11.6. The van der Waals surface area contributed by atoms with E-state index in [1.165, 1.54) is 0 Å². The van der Waals surface area contributed by atoms with Crippen molar-refractivity contribution in [3.05, 3.63) is 35.9 Å². The number of hydrogen-bond acceptors (Lipinski definition) is 2. The Morgan fingerprint density at radius 2 is 1.68 bits per heavy atom. The van der Waals surface area contributed by atoms with E-state index < -0.39 is 0 Å². The van der Waals surface area contributed by atoms with Crippen molar-refractivity contribution in [2.75, 3.05) is 13.1 Å². The van der Waals surface area contributed by atoms with E-state index >= 15 is 0 Å². The van der Waals surface area contributed by atoms with Crippen LogP contribution < -0.4 is 10.6 Å². The predicted molar refractivity (Wildman–Crippen MR) is 75.6 cm³/mol. The number of aryl methyl sites for hydroxylation is 1. The number of carbonyl (C=O) groups excluding carboxylic acids is 2. The van der Waals surface area contributed by atoms with E-state index in [1.54, 1.807) is 0 Å². The fourth-order valence-electron chi connectivity index (χ4n) is 1.58. The summed E-state index contributed by atoms with van der Waals surface area (Å²) in [5.74, 6) is 0.00923. The molecule has 0 saturated heterocycles. The largest absolute Gasteiger partial charge is 0.354 e. The van der Waals surface area contributed by atoms with Gasteiger partial charge in [-0.15, -0.1) is 0 Å². The second-order valence-corrected chi connectivity index (χ2v) is 4.78. The van der Waals surface area contributed by atoms with Crippen LogP contribution >= 0.6 is 0 Å². The molecule has 4 nitrogen and oxygen atoms in total. The SMILES string of the molecule is CC(C)C(=O)NCCNC(=O)CCc1ccccc1. The molecular formula is C15H22N2O2. The molecule has 0 fully saturated rings. The first-order valence-electron chi connectivity index (χ1n) is 6.68. The third-order valence-electron chi connectivity index (χ3n) is 2.75. The minimum atomic E-state index is -0.0196. The highest BCUT2D eigenvalue weighted by Gasteiger charge is 2.05. The molecule has 0 radical (unpaired) electrons. The van der Waals surface area contributed by atoms with Crippen LogP contribution in [0.15, 0.2) is 30.3 Å². The second-order valence-electron chi connectivity index (χ2n) is 4.78. The third kappa shape index (κ3) is 6.60. The molecule has 0 aliphatic rings. The van der Waals surface area contributed by atoms with Crippen LogP contribution in [-0.4, -0.2) is 24.9 Å². The van der Waals surface area contributed by atoms with Crippen LogP contribution in [0.4, 0.5) is 0 Å². The van der Waals surface area contributed by atoms with Crippen molar-refractivity contribution in [3.63, 3.8) is 0 Å². The summed E-state index contributed by atoms with van der Waals surface area (Å²) in [6.45, 7) is 4.64. The van der Waals surface area contributed by atoms with Crippen LogP contribution in [0.3, 0.4) is 0 Å². The summed E-state index contributed by atoms with van der Waals surface area (Å²) in [5.41, 5.74) is 1.16. The molecular weight excluding hydrogens is 240 g/mol. The van der Waals surface area contributed by atoms with Gasteiger partial charge in [0.1, 0.15) is 0 Å². The minimum absolute atomic E-state index is 0.0125. The van der Waals surface area contributed by atoms with Crippen LogP contribution in [0.1, 0.15) is 25.8 Å². The van der Waals surface area contributed by atoms with E-state index in [9.17, 15) is 9.59 Å². The van der Waals surface area contributed by atoms with Gasteiger partial charge in [-0.3, -0.25) is 9.59 Å². The first kappa shape index (κ1) is 15.2. The lowest BCUT2D eigenvalue weighted by Gasteiger charge is -2.08. The summed E-state index contributed by atoms with van der Waals surface area (Å²) in [5, 5.41) is 5.55. The maximum absolute atomic E-state index is 11.6. The van der Waals surface area contributed by atoms with E-state index in [1.807, 2.05) is 44.2 Å². The molecule has 104 valence electrons. The number of carbonyl (C=O) groups is 2. The highest BCUT2D eigenvalue weighted by atomic mass is 16.2. The molecule has 0 aromatic heterocycles. The molecule has 19 heavy (non-hydrogen) atoms. The van der Waals surface area contributed by atoms with Crippen LogP contribution in [0.25, 0.3) is 0 Å². The Morgan fingerprint density at radius 3 is 2.32 bits per heavy atom. The van der Waals surface area contributed by atoms with Gasteiger partial charge in [0.15, 0.2) is 0 Å². The summed E-state index contributed by atoms with van der Waals surface area (Å²) < 4.78 is 0. The molecule has 2 N–H and O–H groups in total. The summed E-state index contributed by atoms with van der Waals surface area (Å²) in [7, 11) is 0. The molecule has 1 rings (SSSR count). The van der Waals surface area contributed by atoms with Gasteiger partial charge in [-0.05, 0) is 12.0 Å². The van der Waals surface area contributed by atoms with Crippen molar-refractivity contribution in [1.82, 2.24) is 10.6 Å². The van der Waals surface area contributed by atoms with Gasteiger partial charge in [0.05, 0.1) is 0 Å². The molecule has 0 aliphatic carbocycles. The monoisotopic (exact) mass is 262 g/mol. The standard InChI is InChI=1S/C15H22N2O2/c1-12(2)15(19)17-11-10-16-14(18)9-8-13-6-4-3-5-7-13/h3-7,12H,8-11H2,1-2H3,(H,16,18)(H,17,19). The first-order valence-corrected chi connectivity index (χ1v) is 6.68. The van der Waals surface area contributed by atoms with E-state index in [0.29, 0.717) is 19.5 Å². The van der Waals surface area contributed by atoms with E-state index in [0.717, 1.165) is 12.0 Å². The normalized spacial score (nSPS) is 10.3. The number of amides is 2. The Bertz CT molecular complexity index is 402. The highest BCUT2D eigenvalue weighted by molar-refractivity contribution is 5.78. The van der Waals surface area contributed by atoms with Gasteiger partial charge in [0.2, 0.25) is 11.8 Å². The Balaban J connectivity index is 2.10. The van der Waals surface area contributed by atoms with Gasteiger partial charge in [-0.25, -0.2) is 0 Å². The molecule has 0 unspecified atom stereocenters. The minimum Gasteiger partial charge on any atom is -0.354 e. The zero-order valence-corrected chi connectivity index (χ0v) is 11.6. The average molecular weight is 262 g/mol. The molecule has 0 heterocycles. The lowest BCUT2D eigenvalue weighted by Crippen LogP contribution is -2.36. The fourth-order valence-corrected chi connectivity index (χ4v) is 1.58. The number of nitrogens with one attached hydrogen (secondary N) is 2. The smallest absolute Gasteiger partial charge is 0.222 e. The number of benzene rings is 1. The topological polar surface area (TPSA) is 58.2 Å². The van der Waals surface area contributed by atoms with Crippen molar-refractivity contribution in [3.8, 4) is 0 Å². The highest BCUT2D eigenvalue weighted by Crippen LogP contribution is 2.01. The van der Waals surface area contributed by atoms with Crippen molar-refractivity contribution in [1.29, 1.82) is 0 Å². The maximum atomic E-state index is 11.6. The molecule has 0 bridgehead atoms. The Morgan fingerprint density at radius 1 is 1.05 bits per heavy atom. The zero-order chi connectivity index (χ0) is 14.1. The van der Waals surface area contributed by atoms with E-state index in [-0.39, 0.29) is 17.7 Å². The van der Waals surface area contributed by atoms with Crippen molar-refractivity contribution in [2.45, 2.75) is 26.7 Å². The van der Waals surface area contributed by atoms with Crippen molar-refractivity contribution < 1.29 is 9.59 Å². The molecule has 2 amide bonds. The average Bonchev–Trinajstić information content (AvgIpc) is 2.42. The molecule has 1 aromatic carbocycles. The van der Waals surface area contributed by atoms with Crippen LogP contribution in [0.5, 0.6) is 0 Å². The van der Waals surface area contributed by atoms with Crippen LogP contribution in [0.2, 0.25) is 0 Å². The molecule has 4 heteroatoms. The summed E-state index contributed by atoms with van der Waals surface area (Å²) in [4.78, 5) is 22.8. The van der Waals surface area contributed by atoms with Gasteiger partial charge in [-0.1, -0.05) is 44.2 Å². The van der Waals surface area contributed by atoms with Gasteiger partial charge < -0.3 is 10.6 Å². The molecule has 0 saturated carbocycles. The van der Waals surface area contributed by atoms with Crippen molar-refractivity contribution in [2.24, 2.45) is 5.92 Å². The van der Waals surface area contributed by atoms with E-state index in [2.05, 4.69) is 10.6 Å². The van der Waals surface area contributed by atoms with Crippen molar-refractivity contribution >= 4 is 11.8 Å².